The van der Waals surface area contributed by atoms with Crippen LogP contribution in [0.2, 0.25) is 0 Å². The van der Waals surface area contributed by atoms with Gasteiger partial charge in [-0.05, 0) is 50.5 Å². The number of nitrogens with one attached hydrogen (secondary N) is 1. The average Bonchev–Trinajstić information content (AvgIpc) is 2.86. The standard InChI is InChI=1S/C27H33FN6O/c1-19-17-34(20(2)16-33(19)26-29-15-22-14-23(28)8-9-25(22)31-26)27(35)30-24-10-12-32(13-11-24)18-21-6-4-3-5-7-21/h3-9,14-15,19-20,24H,10-13,16-18H2,1-2H3,(H,30,35)/t19-,20+/m0/s1. The molecule has 3 aromatic rings. The van der Waals surface area contributed by atoms with Gasteiger partial charge in [-0.15, -0.1) is 0 Å². The van der Waals surface area contributed by atoms with Crippen LogP contribution in [0.25, 0.3) is 10.9 Å². The molecule has 0 bridgehead atoms. The Kier molecular flexibility index (Phi) is 6.81. The molecule has 0 aliphatic carbocycles. The molecule has 7 nitrogen and oxygen atoms in total. The number of carbonyl (C=O) groups excluding carboxylic acids is 1. The van der Waals surface area contributed by atoms with E-state index in [-0.39, 0.29) is 30.0 Å². The number of amides is 2. The van der Waals surface area contributed by atoms with Gasteiger partial charge in [0.25, 0.3) is 0 Å². The summed E-state index contributed by atoms with van der Waals surface area (Å²) >= 11 is 0. The number of hydrogen-bond acceptors (Lipinski definition) is 5. The number of piperidine rings is 1. The second-order valence-electron chi connectivity index (χ2n) is 9.86. The van der Waals surface area contributed by atoms with Gasteiger partial charge in [0.2, 0.25) is 5.95 Å². The first-order valence-electron chi connectivity index (χ1n) is 12.5. The summed E-state index contributed by atoms with van der Waals surface area (Å²) in [6.45, 7) is 8.35. The summed E-state index contributed by atoms with van der Waals surface area (Å²) in [5.74, 6) is 0.326. The molecule has 2 aromatic carbocycles. The lowest BCUT2D eigenvalue weighted by atomic mass is 10.0. The van der Waals surface area contributed by atoms with Crippen LogP contribution in [0.15, 0.2) is 54.7 Å². The maximum Gasteiger partial charge on any atom is 0.317 e. The molecular formula is C27H33FN6O. The van der Waals surface area contributed by atoms with Crippen molar-refractivity contribution in [3.8, 4) is 0 Å². The van der Waals surface area contributed by atoms with Crippen molar-refractivity contribution in [2.45, 2.75) is 51.4 Å². The predicted molar refractivity (Wildman–Crippen MR) is 136 cm³/mol. The third kappa shape index (κ3) is 5.37. The minimum Gasteiger partial charge on any atom is -0.335 e. The maximum absolute atomic E-state index is 13.5. The lowest BCUT2D eigenvalue weighted by Crippen LogP contribution is -2.61. The highest BCUT2D eigenvalue weighted by Crippen LogP contribution is 2.23. The highest BCUT2D eigenvalue weighted by molar-refractivity contribution is 5.79. The van der Waals surface area contributed by atoms with Crippen LogP contribution in [0.4, 0.5) is 15.1 Å². The summed E-state index contributed by atoms with van der Waals surface area (Å²) in [6.07, 6.45) is 3.60. The summed E-state index contributed by atoms with van der Waals surface area (Å²) in [6, 6.07) is 15.4. The molecule has 2 amide bonds. The van der Waals surface area contributed by atoms with E-state index in [0.717, 1.165) is 38.0 Å². The zero-order chi connectivity index (χ0) is 24.4. The van der Waals surface area contributed by atoms with Gasteiger partial charge in [0.05, 0.1) is 5.52 Å². The van der Waals surface area contributed by atoms with E-state index in [4.69, 9.17) is 0 Å². The topological polar surface area (TPSA) is 64.6 Å². The Balaban J connectivity index is 1.15. The van der Waals surface area contributed by atoms with E-state index < -0.39 is 0 Å². The number of urea groups is 1. The van der Waals surface area contributed by atoms with Gasteiger partial charge in [-0.2, -0.15) is 0 Å². The molecule has 0 unspecified atom stereocenters. The van der Waals surface area contributed by atoms with Crippen LogP contribution in [0, 0.1) is 5.82 Å². The molecule has 8 heteroatoms. The Morgan fingerprint density at radius 3 is 2.60 bits per heavy atom. The first-order valence-corrected chi connectivity index (χ1v) is 12.5. The monoisotopic (exact) mass is 476 g/mol. The Bertz CT molecular complexity index is 1170. The van der Waals surface area contributed by atoms with Crippen LogP contribution in [-0.4, -0.2) is 70.1 Å². The summed E-state index contributed by atoms with van der Waals surface area (Å²) in [5.41, 5.74) is 2.05. The molecular weight excluding hydrogens is 443 g/mol. The molecule has 0 spiro atoms. The molecule has 5 rings (SSSR count). The lowest BCUT2D eigenvalue weighted by molar-refractivity contribution is 0.145. The van der Waals surface area contributed by atoms with Crippen molar-refractivity contribution in [3.63, 3.8) is 0 Å². The molecule has 1 aromatic heterocycles. The number of rotatable bonds is 4. The number of likely N-dealkylation sites (tertiary alicyclic amines) is 1. The van der Waals surface area contributed by atoms with Gasteiger partial charge in [0.15, 0.2) is 0 Å². The fourth-order valence-corrected chi connectivity index (χ4v) is 5.16. The van der Waals surface area contributed by atoms with Crippen molar-refractivity contribution in [1.29, 1.82) is 0 Å². The minimum absolute atomic E-state index is 0.0143. The number of fused-ring (bicyclic) bond motifs is 1. The number of halogens is 1. The first kappa shape index (κ1) is 23.5. The van der Waals surface area contributed by atoms with Gasteiger partial charge in [0, 0.05) is 62.4 Å². The summed E-state index contributed by atoms with van der Waals surface area (Å²) < 4.78 is 13.5. The lowest BCUT2D eigenvalue weighted by Gasteiger charge is -2.44. The maximum atomic E-state index is 13.5. The fourth-order valence-electron chi connectivity index (χ4n) is 5.16. The van der Waals surface area contributed by atoms with Crippen molar-refractivity contribution in [1.82, 2.24) is 25.1 Å². The molecule has 2 saturated heterocycles. The van der Waals surface area contributed by atoms with Crippen molar-refractivity contribution in [3.05, 3.63) is 66.1 Å². The number of nitrogens with zero attached hydrogens (tertiary/aromatic N) is 5. The smallest absolute Gasteiger partial charge is 0.317 e. The van der Waals surface area contributed by atoms with Crippen LogP contribution >= 0.6 is 0 Å². The molecule has 0 saturated carbocycles. The van der Waals surface area contributed by atoms with Crippen LogP contribution in [0.1, 0.15) is 32.3 Å². The van der Waals surface area contributed by atoms with Crippen molar-refractivity contribution in [2.24, 2.45) is 0 Å². The van der Waals surface area contributed by atoms with Gasteiger partial charge in [0.1, 0.15) is 5.82 Å². The van der Waals surface area contributed by atoms with Gasteiger partial charge in [-0.1, -0.05) is 30.3 Å². The molecule has 2 atom stereocenters. The number of carbonyl (C=O) groups is 1. The van der Waals surface area contributed by atoms with E-state index in [1.54, 1.807) is 12.3 Å². The summed E-state index contributed by atoms with van der Waals surface area (Å²) in [7, 11) is 0. The number of anilines is 1. The van der Waals surface area contributed by atoms with Gasteiger partial charge in [-0.3, -0.25) is 4.90 Å². The van der Waals surface area contributed by atoms with Gasteiger partial charge < -0.3 is 15.1 Å². The number of benzene rings is 2. The number of hydrogen-bond donors (Lipinski definition) is 1. The zero-order valence-corrected chi connectivity index (χ0v) is 20.4. The average molecular weight is 477 g/mol. The van der Waals surface area contributed by atoms with Crippen molar-refractivity contribution >= 4 is 22.9 Å². The van der Waals surface area contributed by atoms with Crippen LogP contribution in [-0.2, 0) is 6.54 Å². The fraction of sp³-hybridized carbons (Fsp3) is 0.444. The van der Waals surface area contributed by atoms with E-state index in [1.165, 1.54) is 17.7 Å². The molecule has 35 heavy (non-hydrogen) atoms. The van der Waals surface area contributed by atoms with E-state index in [9.17, 15) is 9.18 Å². The molecule has 3 heterocycles. The highest BCUT2D eigenvalue weighted by atomic mass is 19.1. The Hall–Kier alpha value is -3.26. The molecule has 2 fully saturated rings. The molecule has 1 N–H and O–H groups in total. The van der Waals surface area contributed by atoms with Crippen molar-refractivity contribution in [2.75, 3.05) is 31.1 Å². The van der Waals surface area contributed by atoms with Crippen molar-refractivity contribution < 1.29 is 9.18 Å². The third-order valence-electron chi connectivity index (χ3n) is 7.20. The predicted octanol–water partition coefficient (Wildman–Crippen LogP) is 4.04. The first-order chi connectivity index (χ1) is 17.0. The molecule has 2 aliphatic heterocycles. The number of piperazine rings is 1. The van der Waals surface area contributed by atoms with E-state index in [2.05, 4.69) is 63.2 Å². The number of aromatic nitrogens is 2. The Morgan fingerprint density at radius 1 is 1.06 bits per heavy atom. The van der Waals surface area contributed by atoms with Crippen LogP contribution in [0.5, 0.6) is 0 Å². The zero-order valence-electron chi connectivity index (χ0n) is 20.4. The van der Waals surface area contributed by atoms with E-state index >= 15 is 0 Å². The highest BCUT2D eigenvalue weighted by Gasteiger charge is 2.34. The Labute approximate surface area is 205 Å². The Morgan fingerprint density at radius 2 is 1.83 bits per heavy atom. The van der Waals surface area contributed by atoms with Gasteiger partial charge in [-0.25, -0.2) is 19.2 Å². The van der Waals surface area contributed by atoms with Crippen LogP contribution < -0.4 is 10.2 Å². The SMILES string of the molecule is C[C@@H]1CN(c2ncc3cc(F)ccc3n2)[C@@H](C)CN1C(=O)NC1CCN(Cc2ccccc2)CC1. The molecule has 184 valence electrons. The van der Waals surface area contributed by atoms with E-state index in [1.807, 2.05) is 11.0 Å². The second-order valence-corrected chi connectivity index (χ2v) is 9.86. The van der Waals surface area contributed by atoms with E-state index in [0.29, 0.717) is 24.4 Å². The summed E-state index contributed by atoms with van der Waals surface area (Å²) in [4.78, 5) is 28.8. The second kappa shape index (κ2) is 10.2. The molecule has 2 aliphatic rings. The third-order valence-corrected chi connectivity index (χ3v) is 7.20. The van der Waals surface area contributed by atoms with Gasteiger partial charge >= 0.3 is 6.03 Å². The normalized spacial score (nSPS) is 21.9. The summed E-state index contributed by atoms with van der Waals surface area (Å²) in [5, 5.41) is 3.97. The molecule has 0 radical (unpaired) electrons. The largest absolute Gasteiger partial charge is 0.335 e. The minimum atomic E-state index is -0.294. The van der Waals surface area contributed by atoms with Crippen LogP contribution in [0.3, 0.4) is 0 Å². The quantitative estimate of drug-likeness (QED) is 0.616.